The van der Waals surface area contributed by atoms with Crippen LogP contribution in [0.4, 0.5) is 5.69 Å². The van der Waals surface area contributed by atoms with Crippen molar-refractivity contribution in [1.29, 1.82) is 0 Å². The van der Waals surface area contributed by atoms with Crippen LogP contribution in [0, 0.1) is 0 Å². The number of anilines is 1. The van der Waals surface area contributed by atoms with Crippen molar-refractivity contribution in [3.8, 4) is 0 Å². The molecule has 0 bridgehead atoms. The summed E-state index contributed by atoms with van der Waals surface area (Å²) in [5, 5.41) is 4.29. The summed E-state index contributed by atoms with van der Waals surface area (Å²) in [5.74, 6) is -0.290. The van der Waals surface area contributed by atoms with Crippen LogP contribution in [0.2, 0.25) is 0 Å². The zero-order valence-electron chi connectivity index (χ0n) is 11.1. The number of hydrogen-bond donors (Lipinski definition) is 1. The van der Waals surface area contributed by atoms with E-state index in [-0.39, 0.29) is 5.97 Å². The standard InChI is InChI=1S/C17H12N2O2/c20-17-12-6-2-1-5-11(12)16(21-17)19-15-9-3-8-14-13(15)7-4-10-18-14/h1-10,16,19H/t16-/m0/s1. The van der Waals surface area contributed by atoms with E-state index in [0.29, 0.717) is 5.56 Å². The summed E-state index contributed by atoms with van der Waals surface area (Å²) in [6, 6.07) is 17.2. The maximum absolute atomic E-state index is 11.9. The molecule has 0 unspecified atom stereocenters. The number of carbonyl (C=O) groups is 1. The highest BCUT2D eigenvalue weighted by molar-refractivity contribution is 5.95. The Kier molecular flexibility index (Phi) is 2.60. The maximum Gasteiger partial charge on any atom is 0.340 e. The molecule has 0 saturated heterocycles. The van der Waals surface area contributed by atoms with Crippen molar-refractivity contribution in [3.63, 3.8) is 0 Å². The van der Waals surface area contributed by atoms with Gasteiger partial charge in [-0.1, -0.05) is 24.3 Å². The number of cyclic esters (lactones) is 1. The van der Waals surface area contributed by atoms with Crippen molar-refractivity contribution in [3.05, 3.63) is 71.9 Å². The molecule has 1 atom stereocenters. The van der Waals surface area contributed by atoms with Gasteiger partial charge >= 0.3 is 5.97 Å². The lowest BCUT2D eigenvalue weighted by Gasteiger charge is -2.15. The molecule has 1 N–H and O–H groups in total. The van der Waals surface area contributed by atoms with E-state index in [1.54, 1.807) is 12.3 Å². The highest BCUT2D eigenvalue weighted by atomic mass is 16.6. The second-order valence-corrected chi connectivity index (χ2v) is 4.89. The topological polar surface area (TPSA) is 51.2 Å². The molecule has 102 valence electrons. The highest BCUT2D eigenvalue weighted by Gasteiger charge is 2.30. The van der Waals surface area contributed by atoms with Gasteiger partial charge in [0.1, 0.15) is 0 Å². The van der Waals surface area contributed by atoms with Crippen molar-refractivity contribution in [2.75, 3.05) is 5.32 Å². The van der Waals surface area contributed by atoms with Crippen molar-refractivity contribution in [1.82, 2.24) is 4.98 Å². The number of pyridine rings is 1. The number of esters is 1. The molecule has 1 aliphatic rings. The molecule has 0 fully saturated rings. The van der Waals surface area contributed by atoms with Crippen LogP contribution >= 0.6 is 0 Å². The monoisotopic (exact) mass is 276 g/mol. The van der Waals surface area contributed by atoms with Crippen LogP contribution in [0.25, 0.3) is 10.9 Å². The molecule has 1 aromatic heterocycles. The Morgan fingerprint density at radius 2 is 1.90 bits per heavy atom. The molecular formula is C17H12N2O2. The third-order valence-electron chi connectivity index (χ3n) is 3.62. The number of rotatable bonds is 2. The van der Waals surface area contributed by atoms with Crippen LogP contribution < -0.4 is 5.32 Å². The number of carbonyl (C=O) groups excluding carboxylic acids is 1. The van der Waals surface area contributed by atoms with Crippen LogP contribution in [0.3, 0.4) is 0 Å². The minimum Gasteiger partial charge on any atom is -0.434 e. The molecule has 2 aromatic carbocycles. The lowest BCUT2D eigenvalue weighted by Crippen LogP contribution is -2.10. The van der Waals surface area contributed by atoms with Gasteiger partial charge in [0.15, 0.2) is 0 Å². The number of fused-ring (bicyclic) bond motifs is 2. The lowest BCUT2D eigenvalue weighted by molar-refractivity contribution is 0.0437. The molecule has 0 aliphatic carbocycles. The van der Waals surface area contributed by atoms with Crippen LogP contribution in [0.15, 0.2) is 60.8 Å². The first-order chi connectivity index (χ1) is 10.3. The average Bonchev–Trinajstić information content (AvgIpc) is 2.85. The van der Waals surface area contributed by atoms with E-state index in [0.717, 1.165) is 22.2 Å². The van der Waals surface area contributed by atoms with Crippen molar-refractivity contribution in [2.45, 2.75) is 6.23 Å². The highest BCUT2D eigenvalue weighted by Crippen LogP contribution is 2.33. The summed E-state index contributed by atoms with van der Waals surface area (Å²) >= 11 is 0. The SMILES string of the molecule is O=C1O[C@H](Nc2cccc3ncccc23)c2ccccc21. The molecule has 0 radical (unpaired) electrons. The first kappa shape index (κ1) is 11.9. The first-order valence-electron chi connectivity index (χ1n) is 6.73. The summed E-state index contributed by atoms with van der Waals surface area (Å²) in [5.41, 5.74) is 3.28. The van der Waals surface area contributed by atoms with Crippen LogP contribution in [-0.2, 0) is 4.74 Å². The second-order valence-electron chi connectivity index (χ2n) is 4.89. The van der Waals surface area contributed by atoms with Gasteiger partial charge in [0.2, 0.25) is 6.23 Å². The van der Waals surface area contributed by atoms with Crippen LogP contribution in [0.5, 0.6) is 0 Å². The molecule has 0 saturated carbocycles. The van der Waals surface area contributed by atoms with E-state index in [4.69, 9.17) is 4.74 Å². The smallest absolute Gasteiger partial charge is 0.340 e. The Balaban J connectivity index is 1.75. The zero-order chi connectivity index (χ0) is 14.2. The Morgan fingerprint density at radius 1 is 1.00 bits per heavy atom. The minimum atomic E-state index is -0.459. The maximum atomic E-state index is 11.9. The molecular weight excluding hydrogens is 264 g/mol. The number of ether oxygens (including phenoxy) is 1. The number of nitrogens with one attached hydrogen (secondary N) is 1. The van der Waals surface area contributed by atoms with Gasteiger partial charge in [-0.15, -0.1) is 0 Å². The van der Waals surface area contributed by atoms with E-state index in [1.165, 1.54) is 0 Å². The van der Waals surface area contributed by atoms with Crippen molar-refractivity contribution in [2.24, 2.45) is 0 Å². The van der Waals surface area contributed by atoms with E-state index < -0.39 is 6.23 Å². The fourth-order valence-electron chi connectivity index (χ4n) is 2.62. The van der Waals surface area contributed by atoms with Crippen molar-refractivity contribution < 1.29 is 9.53 Å². The molecule has 4 heteroatoms. The zero-order valence-corrected chi connectivity index (χ0v) is 11.1. The largest absolute Gasteiger partial charge is 0.434 e. The van der Waals surface area contributed by atoms with Gasteiger partial charge in [-0.05, 0) is 30.3 Å². The number of nitrogens with zero attached hydrogens (tertiary/aromatic N) is 1. The van der Waals surface area contributed by atoms with Gasteiger partial charge in [-0.25, -0.2) is 4.79 Å². The third kappa shape index (κ3) is 1.92. The quantitative estimate of drug-likeness (QED) is 0.728. The third-order valence-corrected chi connectivity index (χ3v) is 3.62. The van der Waals surface area contributed by atoms with E-state index in [2.05, 4.69) is 10.3 Å². The average molecular weight is 276 g/mol. The predicted molar refractivity (Wildman–Crippen MR) is 80.0 cm³/mol. The number of aromatic nitrogens is 1. The first-order valence-corrected chi connectivity index (χ1v) is 6.73. The van der Waals surface area contributed by atoms with Crippen molar-refractivity contribution >= 4 is 22.6 Å². The Labute approximate surface area is 121 Å². The summed E-state index contributed by atoms with van der Waals surface area (Å²) < 4.78 is 5.41. The van der Waals surface area contributed by atoms with Gasteiger partial charge in [0.05, 0.1) is 11.1 Å². The molecule has 3 aromatic rings. The molecule has 21 heavy (non-hydrogen) atoms. The Bertz CT molecular complexity index is 840. The molecule has 4 rings (SSSR count). The molecule has 0 amide bonds. The normalized spacial score (nSPS) is 16.6. The summed E-state index contributed by atoms with van der Waals surface area (Å²) in [6.45, 7) is 0. The number of benzene rings is 2. The van der Waals surface area contributed by atoms with Gasteiger partial charge < -0.3 is 10.1 Å². The van der Waals surface area contributed by atoms with Crippen LogP contribution in [0.1, 0.15) is 22.1 Å². The molecule has 2 heterocycles. The summed E-state index contributed by atoms with van der Waals surface area (Å²) in [7, 11) is 0. The van der Waals surface area contributed by atoms with Gasteiger partial charge in [-0.2, -0.15) is 0 Å². The fraction of sp³-hybridized carbons (Fsp3) is 0.0588. The molecule has 1 aliphatic heterocycles. The van der Waals surface area contributed by atoms with Gasteiger partial charge in [0, 0.05) is 22.8 Å². The van der Waals surface area contributed by atoms with Crippen LogP contribution in [-0.4, -0.2) is 11.0 Å². The van der Waals surface area contributed by atoms with Gasteiger partial charge in [0.25, 0.3) is 0 Å². The predicted octanol–water partition coefficient (Wildman–Crippen LogP) is 3.52. The van der Waals surface area contributed by atoms with E-state index in [1.807, 2.05) is 48.5 Å². The van der Waals surface area contributed by atoms with E-state index >= 15 is 0 Å². The summed E-state index contributed by atoms with van der Waals surface area (Å²) in [6.07, 6.45) is 1.30. The Hall–Kier alpha value is -2.88. The summed E-state index contributed by atoms with van der Waals surface area (Å²) in [4.78, 5) is 16.2. The minimum absolute atomic E-state index is 0.290. The second kappa shape index (κ2) is 4.59. The fourth-order valence-corrected chi connectivity index (χ4v) is 2.62. The lowest BCUT2D eigenvalue weighted by atomic mass is 10.1. The van der Waals surface area contributed by atoms with Gasteiger partial charge in [-0.3, -0.25) is 4.98 Å². The Morgan fingerprint density at radius 3 is 2.86 bits per heavy atom. The molecule has 4 nitrogen and oxygen atoms in total. The molecule has 0 spiro atoms. The number of hydrogen-bond acceptors (Lipinski definition) is 4. The van der Waals surface area contributed by atoms with E-state index in [9.17, 15) is 4.79 Å².